The van der Waals surface area contributed by atoms with Gasteiger partial charge >= 0.3 is 11.6 Å². The highest BCUT2D eigenvalue weighted by molar-refractivity contribution is 6.32. The van der Waals surface area contributed by atoms with E-state index in [-0.39, 0.29) is 13.2 Å². The fourth-order valence-corrected chi connectivity index (χ4v) is 2.96. The third-order valence-electron chi connectivity index (χ3n) is 4.32. The van der Waals surface area contributed by atoms with Gasteiger partial charge in [-0.2, -0.15) is 0 Å². The number of esters is 1. The molecule has 2 aromatic carbocycles. The summed E-state index contributed by atoms with van der Waals surface area (Å²) in [5.74, 6) is -0.403. The number of hydrogen-bond donors (Lipinski definition) is 1. The lowest BCUT2D eigenvalue weighted by molar-refractivity contribution is -0.143. The summed E-state index contributed by atoms with van der Waals surface area (Å²) in [7, 11) is 0. The van der Waals surface area contributed by atoms with Crippen LogP contribution in [0.1, 0.15) is 28.4 Å². The molecule has 0 aliphatic heterocycles. The lowest BCUT2D eigenvalue weighted by Gasteiger charge is -2.09. The third kappa shape index (κ3) is 5.18. The number of halogens is 1. The van der Waals surface area contributed by atoms with Gasteiger partial charge in [0.2, 0.25) is 0 Å². The van der Waals surface area contributed by atoms with Crippen LogP contribution in [0.25, 0.3) is 11.0 Å². The number of hydrogen-bond acceptors (Lipinski definition) is 6. The number of benzene rings is 2. The molecule has 0 aliphatic rings. The first kappa shape index (κ1) is 21.4. The second-order valence-corrected chi connectivity index (χ2v) is 6.90. The zero-order valence-electron chi connectivity index (χ0n) is 16.5. The highest BCUT2D eigenvalue weighted by Gasteiger charge is 2.12. The summed E-state index contributed by atoms with van der Waals surface area (Å²) in [4.78, 5) is 36.0. The molecule has 1 heterocycles. The lowest BCUT2D eigenvalue weighted by atomic mass is 10.1. The summed E-state index contributed by atoms with van der Waals surface area (Å²) in [6.07, 6.45) is 0. The summed E-state index contributed by atoms with van der Waals surface area (Å²) in [5, 5.41) is 3.58. The molecule has 0 spiro atoms. The lowest BCUT2D eigenvalue weighted by Crippen LogP contribution is -2.30. The molecule has 30 heavy (non-hydrogen) atoms. The number of carbonyl (C=O) groups excluding carboxylic acids is 2. The second-order valence-electron chi connectivity index (χ2n) is 6.49. The predicted octanol–water partition coefficient (Wildman–Crippen LogP) is 3.63. The minimum absolute atomic E-state index is 0.154. The van der Waals surface area contributed by atoms with Gasteiger partial charge in [0.05, 0.1) is 6.61 Å². The Balaban J connectivity index is 1.60. The third-order valence-corrected chi connectivity index (χ3v) is 4.73. The first-order valence-electron chi connectivity index (χ1n) is 9.27. The van der Waals surface area contributed by atoms with E-state index < -0.39 is 17.5 Å². The van der Waals surface area contributed by atoms with Gasteiger partial charge in [0.25, 0.3) is 5.91 Å². The molecule has 1 amide bonds. The summed E-state index contributed by atoms with van der Waals surface area (Å²) in [5.41, 5.74) is 1.43. The number of rotatable bonds is 7. The Morgan fingerprint density at radius 2 is 1.87 bits per heavy atom. The molecule has 8 heteroatoms. The summed E-state index contributed by atoms with van der Waals surface area (Å²) in [6, 6.07) is 11.1. The Kier molecular flexibility index (Phi) is 6.74. The maximum absolute atomic E-state index is 12.2. The first-order chi connectivity index (χ1) is 14.4. The van der Waals surface area contributed by atoms with Crippen molar-refractivity contribution in [3.8, 4) is 5.75 Å². The van der Waals surface area contributed by atoms with E-state index in [1.165, 1.54) is 6.07 Å². The number of nitrogens with one attached hydrogen (secondary N) is 1. The minimum atomic E-state index is -0.645. The molecule has 1 aromatic heterocycles. The van der Waals surface area contributed by atoms with Gasteiger partial charge in [-0.25, -0.2) is 4.79 Å². The van der Waals surface area contributed by atoms with Gasteiger partial charge in [0.15, 0.2) is 0 Å². The van der Waals surface area contributed by atoms with Crippen LogP contribution in [-0.4, -0.2) is 25.0 Å². The zero-order valence-corrected chi connectivity index (χ0v) is 17.2. The quantitative estimate of drug-likeness (QED) is 0.455. The fourth-order valence-electron chi connectivity index (χ4n) is 2.80. The standard InChI is InChI=1S/C22H20ClNO6/c1-3-28-16-6-4-14(5-7-16)22(27)24-11-21(26)29-12-15-9-20(25)30-19-8-13(2)18(23)10-17(15)19/h4-10H,3,11-12H2,1-2H3,(H,24,27). The molecule has 156 valence electrons. The Morgan fingerprint density at radius 1 is 1.13 bits per heavy atom. The number of fused-ring (bicyclic) bond motifs is 1. The van der Waals surface area contributed by atoms with Crippen LogP contribution in [0.5, 0.6) is 5.75 Å². The summed E-state index contributed by atoms with van der Waals surface area (Å²) in [6.45, 7) is 3.72. The van der Waals surface area contributed by atoms with Crippen LogP contribution in [0.2, 0.25) is 5.02 Å². The van der Waals surface area contributed by atoms with Crippen molar-refractivity contribution in [1.29, 1.82) is 0 Å². The van der Waals surface area contributed by atoms with E-state index in [4.69, 9.17) is 25.5 Å². The average Bonchev–Trinajstić information content (AvgIpc) is 2.72. The molecular formula is C22H20ClNO6. The highest BCUT2D eigenvalue weighted by atomic mass is 35.5. The second kappa shape index (κ2) is 9.45. The number of ether oxygens (including phenoxy) is 2. The van der Waals surface area contributed by atoms with Crippen molar-refractivity contribution in [1.82, 2.24) is 5.32 Å². The molecule has 0 fully saturated rings. The van der Waals surface area contributed by atoms with Crippen molar-refractivity contribution >= 4 is 34.4 Å². The fraction of sp³-hybridized carbons (Fsp3) is 0.227. The molecule has 3 aromatic rings. The molecular weight excluding hydrogens is 410 g/mol. The molecule has 0 atom stereocenters. The Bertz CT molecular complexity index is 1140. The summed E-state index contributed by atoms with van der Waals surface area (Å²) >= 11 is 6.15. The monoisotopic (exact) mass is 429 g/mol. The van der Waals surface area contributed by atoms with E-state index >= 15 is 0 Å². The van der Waals surface area contributed by atoms with Gasteiger partial charge in [-0.05, 0) is 55.8 Å². The van der Waals surface area contributed by atoms with Crippen LogP contribution in [-0.2, 0) is 16.1 Å². The Morgan fingerprint density at radius 3 is 2.57 bits per heavy atom. The predicted molar refractivity (Wildman–Crippen MR) is 112 cm³/mol. The van der Waals surface area contributed by atoms with Crippen LogP contribution in [0, 0.1) is 6.92 Å². The van der Waals surface area contributed by atoms with Gasteiger partial charge in [-0.15, -0.1) is 0 Å². The maximum atomic E-state index is 12.2. The Hall–Kier alpha value is -3.32. The number of amides is 1. The van der Waals surface area contributed by atoms with Gasteiger partial charge < -0.3 is 19.2 Å². The SMILES string of the molecule is CCOc1ccc(C(=O)NCC(=O)OCc2cc(=O)oc3cc(C)c(Cl)cc23)cc1. The van der Waals surface area contributed by atoms with Crippen LogP contribution in [0.4, 0.5) is 0 Å². The van der Waals surface area contributed by atoms with Crippen LogP contribution in [0.3, 0.4) is 0 Å². The molecule has 0 bridgehead atoms. The van der Waals surface area contributed by atoms with Crippen molar-refractivity contribution in [3.05, 3.63) is 74.6 Å². The molecule has 3 rings (SSSR count). The molecule has 0 aliphatic carbocycles. The van der Waals surface area contributed by atoms with E-state index in [2.05, 4.69) is 5.32 Å². The zero-order chi connectivity index (χ0) is 21.7. The Labute approximate surface area is 177 Å². The highest BCUT2D eigenvalue weighted by Crippen LogP contribution is 2.25. The van der Waals surface area contributed by atoms with Gasteiger partial charge in [0, 0.05) is 27.6 Å². The van der Waals surface area contributed by atoms with Crippen molar-refractivity contribution in [2.75, 3.05) is 13.2 Å². The number of aryl methyl sites for hydroxylation is 1. The van der Waals surface area contributed by atoms with E-state index in [1.54, 1.807) is 43.3 Å². The molecule has 0 unspecified atom stereocenters. The molecule has 0 radical (unpaired) electrons. The van der Waals surface area contributed by atoms with Crippen molar-refractivity contribution in [3.63, 3.8) is 0 Å². The van der Waals surface area contributed by atoms with Gasteiger partial charge in [-0.3, -0.25) is 9.59 Å². The summed E-state index contributed by atoms with van der Waals surface area (Å²) < 4.78 is 15.7. The molecule has 1 N–H and O–H groups in total. The van der Waals surface area contributed by atoms with Crippen LogP contribution >= 0.6 is 11.6 Å². The van der Waals surface area contributed by atoms with E-state index in [0.29, 0.717) is 39.5 Å². The van der Waals surface area contributed by atoms with Gasteiger partial charge in [0.1, 0.15) is 24.5 Å². The maximum Gasteiger partial charge on any atom is 0.336 e. The van der Waals surface area contributed by atoms with Crippen molar-refractivity contribution in [2.24, 2.45) is 0 Å². The van der Waals surface area contributed by atoms with Gasteiger partial charge in [-0.1, -0.05) is 11.6 Å². The average molecular weight is 430 g/mol. The molecule has 7 nitrogen and oxygen atoms in total. The molecule has 0 saturated carbocycles. The van der Waals surface area contributed by atoms with E-state index in [9.17, 15) is 14.4 Å². The largest absolute Gasteiger partial charge is 0.494 e. The van der Waals surface area contributed by atoms with E-state index in [1.807, 2.05) is 6.92 Å². The first-order valence-corrected chi connectivity index (χ1v) is 9.64. The topological polar surface area (TPSA) is 94.8 Å². The molecule has 0 saturated heterocycles. The normalized spacial score (nSPS) is 10.6. The van der Waals surface area contributed by atoms with Crippen molar-refractivity contribution < 1.29 is 23.5 Å². The van der Waals surface area contributed by atoms with Crippen LogP contribution < -0.4 is 15.7 Å². The minimum Gasteiger partial charge on any atom is -0.494 e. The van der Waals surface area contributed by atoms with Crippen LogP contribution in [0.15, 0.2) is 51.7 Å². The van der Waals surface area contributed by atoms with E-state index in [0.717, 1.165) is 5.56 Å². The van der Waals surface area contributed by atoms with Crippen molar-refractivity contribution in [2.45, 2.75) is 20.5 Å². The smallest absolute Gasteiger partial charge is 0.336 e. The number of carbonyl (C=O) groups is 2.